The van der Waals surface area contributed by atoms with Crippen LogP contribution in [0.1, 0.15) is 18.7 Å². The normalized spacial score (nSPS) is 22.5. The van der Waals surface area contributed by atoms with Gasteiger partial charge >= 0.3 is 19.8 Å². The summed E-state index contributed by atoms with van der Waals surface area (Å²) < 4.78 is 51.1. The topological polar surface area (TPSA) is 193 Å². The number of para-hydroxylation sites is 1. The lowest BCUT2D eigenvalue weighted by Gasteiger charge is -2.24. The Labute approximate surface area is 238 Å². The van der Waals surface area contributed by atoms with E-state index in [9.17, 15) is 24.0 Å². The molecule has 0 amide bonds. The van der Waals surface area contributed by atoms with Gasteiger partial charge in [0.25, 0.3) is 0 Å². The lowest BCUT2D eigenvalue weighted by molar-refractivity contribution is -0.146. The van der Waals surface area contributed by atoms with Gasteiger partial charge in [0.1, 0.15) is 36.7 Å². The Morgan fingerprint density at radius 2 is 1.83 bits per heavy atom. The van der Waals surface area contributed by atoms with Crippen LogP contribution in [0.25, 0.3) is 11.2 Å². The summed E-state index contributed by atoms with van der Waals surface area (Å²) in [6, 6.07) is 16.0. The number of aliphatic hydroxyl groups is 2. The monoisotopic (exact) mass is 602 g/mol. The molecule has 1 saturated heterocycles. The molecule has 0 aliphatic carbocycles. The molecule has 4 aromatic rings. The molecular weight excluding hydrogens is 574 g/mol. The third kappa shape index (κ3) is 6.57. The van der Waals surface area contributed by atoms with E-state index in [1.807, 2.05) is 6.07 Å². The van der Waals surface area contributed by atoms with Gasteiger partial charge in [0, 0.05) is 0 Å². The number of nitrogen functional groups attached to an aromatic ring is 1. The lowest BCUT2D eigenvalue weighted by Crippen LogP contribution is -2.37. The number of carbonyl (C=O) groups is 1. The van der Waals surface area contributed by atoms with Gasteiger partial charge in [-0.2, -0.15) is 19.4 Å². The molecule has 3 heterocycles. The molecule has 2 aromatic carbocycles. The minimum absolute atomic E-state index is 0.00117. The first-order valence-corrected chi connectivity index (χ1v) is 14.3. The van der Waals surface area contributed by atoms with Gasteiger partial charge in [0.2, 0.25) is 0 Å². The van der Waals surface area contributed by atoms with E-state index in [1.165, 1.54) is 30.0 Å². The third-order valence-corrected chi connectivity index (χ3v) is 7.98. The zero-order valence-corrected chi connectivity index (χ0v) is 23.1. The van der Waals surface area contributed by atoms with Crippen molar-refractivity contribution in [1.29, 1.82) is 0 Å². The summed E-state index contributed by atoms with van der Waals surface area (Å²) in [5, 5.41) is 24.0. The first-order valence-electron chi connectivity index (χ1n) is 12.8. The lowest BCUT2D eigenvalue weighted by atomic mass is 10.1. The van der Waals surface area contributed by atoms with Gasteiger partial charge in [-0.25, -0.2) is 9.55 Å². The molecule has 14 nitrogen and oxygen atoms in total. The number of esters is 1. The smallest absolute Gasteiger partial charge is 0.459 e. The van der Waals surface area contributed by atoms with Crippen LogP contribution in [0.5, 0.6) is 5.75 Å². The van der Waals surface area contributed by atoms with Gasteiger partial charge in [0.05, 0.1) is 12.9 Å². The molecule has 0 saturated carbocycles. The summed E-state index contributed by atoms with van der Waals surface area (Å²) in [5.41, 5.74) is 6.47. The van der Waals surface area contributed by atoms with Crippen molar-refractivity contribution in [2.45, 2.75) is 44.1 Å². The van der Waals surface area contributed by atoms with Crippen LogP contribution in [0, 0.1) is 6.08 Å². The van der Waals surface area contributed by atoms with E-state index in [-0.39, 0.29) is 29.3 Å². The number of rotatable bonds is 11. The quantitative estimate of drug-likeness (QED) is 0.111. The number of nitrogens with one attached hydrogen (secondary N) is 1. The van der Waals surface area contributed by atoms with E-state index in [1.54, 1.807) is 42.5 Å². The first kappa shape index (κ1) is 29.5. The van der Waals surface area contributed by atoms with Crippen LogP contribution in [-0.2, 0) is 30.0 Å². The van der Waals surface area contributed by atoms with Crippen LogP contribution in [0.15, 0.2) is 67.0 Å². The van der Waals surface area contributed by atoms with Crippen LogP contribution in [0.2, 0.25) is 0 Å². The maximum atomic E-state index is 13.8. The number of fused-ring (bicyclic) bond motifs is 1. The Morgan fingerprint density at radius 1 is 1.14 bits per heavy atom. The average Bonchev–Trinajstić information content (AvgIpc) is 3.52. The van der Waals surface area contributed by atoms with E-state index >= 15 is 0 Å². The molecule has 3 unspecified atom stereocenters. The fourth-order valence-corrected chi connectivity index (χ4v) is 5.72. The number of hydrogen-bond acceptors (Lipinski definition) is 12. The van der Waals surface area contributed by atoms with Gasteiger partial charge in [-0.1, -0.05) is 48.5 Å². The summed E-state index contributed by atoms with van der Waals surface area (Å²) >= 11 is 0. The Kier molecular flexibility index (Phi) is 8.77. The molecule has 2 aromatic heterocycles. The second kappa shape index (κ2) is 12.5. The molecule has 6 atom stereocenters. The van der Waals surface area contributed by atoms with Crippen LogP contribution >= 0.6 is 7.75 Å². The van der Waals surface area contributed by atoms with Gasteiger partial charge in [-0.05, 0) is 24.6 Å². The Morgan fingerprint density at radius 3 is 2.55 bits per heavy atom. The molecule has 0 spiro atoms. The number of aliphatic hydroxyl groups excluding tert-OH is 2. The van der Waals surface area contributed by atoms with Gasteiger partial charge < -0.3 is 29.9 Å². The minimum Gasteiger partial charge on any atom is -0.460 e. The highest BCUT2D eigenvalue weighted by molar-refractivity contribution is 7.52. The fourth-order valence-electron chi connectivity index (χ4n) is 4.22. The highest BCUT2D eigenvalue weighted by atomic mass is 31.2. The second-order valence-electron chi connectivity index (χ2n) is 9.39. The van der Waals surface area contributed by atoms with E-state index in [0.717, 1.165) is 5.56 Å². The third-order valence-electron chi connectivity index (χ3n) is 6.34. The standard InChI is InChI=1S/C26H28FN6O8P/c1-15(25(36)38-12-16-8-4-2-5-9-16)32-42(37,41-17-10-6-3-7-11-17)39-13-18-20(34)21(35)24(40-18)33-14-29-19-22(28)30-26(27)31-23(19)33/h2-11,14-15,18,20-21,24,34-35H,12-13H2,1H3,(H,32,37)(H2,28,30,31)/t15-,18+,20?,21?,24+,42?/m0/s1. The number of carbonyl (C=O) groups excluding carboxylic acids is 1. The Hall–Kier alpha value is -3.98. The minimum atomic E-state index is -4.31. The highest BCUT2D eigenvalue weighted by Crippen LogP contribution is 2.46. The zero-order valence-electron chi connectivity index (χ0n) is 22.2. The number of benzene rings is 2. The van der Waals surface area contributed by atoms with Crippen LogP contribution in [-0.4, -0.2) is 66.7 Å². The summed E-state index contributed by atoms with van der Waals surface area (Å²) in [4.78, 5) is 23.8. The molecular formula is C26H28FN6O8P. The number of halogens is 1. The number of nitrogens with zero attached hydrogens (tertiary/aromatic N) is 4. The van der Waals surface area contributed by atoms with E-state index in [4.69, 9.17) is 24.3 Å². The number of aromatic nitrogens is 4. The van der Waals surface area contributed by atoms with Crippen molar-refractivity contribution in [2.24, 2.45) is 0 Å². The van der Waals surface area contributed by atoms with Crippen LogP contribution in [0.3, 0.4) is 0 Å². The predicted octanol–water partition coefficient (Wildman–Crippen LogP) is 2.09. The van der Waals surface area contributed by atoms with Crippen LogP contribution < -0.4 is 15.3 Å². The van der Waals surface area contributed by atoms with Crippen molar-refractivity contribution in [1.82, 2.24) is 24.6 Å². The van der Waals surface area contributed by atoms with E-state index in [0.29, 0.717) is 0 Å². The van der Waals surface area contributed by atoms with Gasteiger partial charge in [-0.3, -0.25) is 13.9 Å². The molecule has 16 heteroatoms. The number of hydrogen-bond donors (Lipinski definition) is 4. The van der Waals surface area contributed by atoms with Crippen molar-refractivity contribution in [2.75, 3.05) is 12.3 Å². The summed E-state index contributed by atoms with van der Waals surface area (Å²) in [7, 11) is -4.31. The Balaban J connectivity index is 1.29. The average molecular weight is 603 g/mol. The number of imidazole rings is 1. The first-order chi connectivity index (χ1) is 20.1. The molecule has 0 bridgehead atoms. The zero-order chi connectivity index (χ0) is 29.9. The van der Waals surface area contributed by atoms with Gasteiger partial charge in [-0.15, -0.1) is 0 Å². The number of ether oxygens (including phenoxy) is 2. The summed E-state index contributed by atoms with van der Waals surface area (Å²) in [5.74, 6) is -0.758. The van der Waals surface area contributed by atoms with Gasteiger partial charge in [0.15, 0.2) is 23.2 Å². The SMILES string of the molecule is C[C@H](NP(=O)(OC[C@H]1O[C@@H](n2cnc3c(N)nc(F)nc32)C(O)C1O)Oc1ccccc1)C(=O)OCc1ccccc1. The molecule has 0 radical (unpaired) electrons. The molecule has 42 heavy (non-hydrogen) atoms. The molecule has 222 valence electrons. The fraction of sp³-hybridized carbons (Fsp3) is 0.308. The van der Waals surface area contributed by atoms with E-state index in [2.05, 4.69) is 20.0 Å². The highest BCUT2D eigenvalue weighted by Gasteiger charge is 2.46. The molecule has 1 fully saturated rings. The summed E-state index contributed by atoms with van der Waals surface area (Å²) in [6.45, 7) is 0.881. The maximum Gasteiger partial charge on any atom is 0.459 e. The van der Waals surface area contributed by atoms with Crippen molar-refractivity contribution >= 4 is 30.7 Å². The molecule has 5 N–H and O–H groups in total. The van der Waals surface area contributed by atoms with Crippen LogP contribution in [0.4, 0.5) is 10.2 Å². The van der Waals surface area contributed by atoms with Crippen molar-refractivity contribution < 1.29 is 42.5 Å². The largest absolute Gasteiger partial charge is 0.460 e. The summed E-state index contributed by atoms with van der Waals surface area (Å²) in [6.07, 6.45) is -5.49. The predicted molar refractivity (Wildman–Crippen MR) is 145 cm³/mol. The molecule has 5 rings (SSSR count). The molecule has 1 aliphatic heterocycles. The maximum absolute atomic E-state index is 13.8. The number of nitrogens with two attached hydrogens (primary N) is 1. The van der Waals surface area contributed by atoms with E-state index < -0.39 is 57.0 Å². The number of anilines is 1. The van der Waals surface area contributed by atoms with Crippen molar-refractivity contribution in [3.8, 4) is 5.75 Å². The second-order valence-corrected chi connectivity index (χ2v) is 11.1. The van der Waals surface area contributed by atoms with Crippen molar-refractivity contribution in [3.63, 3.8) is 0 Å². The Bertz CT molecular complexity index is 1580. The molecule has 1 aliphatic rings. The van der Waals surface area contributed by atoms with Crippen molar-refractivity contribution in [3.05, 3.63) is 78.6 Å².